The Bertz CT molecular complexity index is 531. The highest BCUT2D eigenvalue weighted by molar-refractivity contribution is 14.0. The molecule has 2 N–H and O–H groups in total. The smallest absolute Gasteiger partial charge is 0.306 e. The molecule has 28 heavy (non-hydrogen) atoms. The van der Waals surface area contributed by atoms with Gasteiger partial charge in [0.2, 0.25) is 0 Å². The number of halogens is 1. The summed E-state index contributed by atoms with van der Waals surface area (Å²) in [6.07, 6.45) is 6.14. The van der Waals surface area contributed by atoms with Crippen LogP contribution in [0, 0.1) is 11.3 Å². The van der Waals surface area contributed by atoms with E-state index >= 15 is 0 Å². The molecule has 6 nitrogen and oxygen atoms in total. The molecule has 1 heterocycles. The monoisotopic (exact) mass is 509 g/mol. The van der Waals surface area contributed by atoms with E-state index in [4.69, 9.17) is 9.47 Å². The number of carbonyl (C=O) groups excluding carboxylic acids is 1. The van der Waals surface area contributed by atoms with Crippen molar-refractivity contribution < 1.29 is 14.3 Å². The van der Waals surface area contributed by atoms with Gasteiger partial charge in [0.05, 0.1) is 6.10 Å². The van der Waals surface area contributed by atoms with Gasteiger partial charge in [-0.15, -0.1) is 24.0 Å². The molecule has 1 saturated carbocycles. The number of rotatable bonds is 8. The van der Waals surface area contributed by atoms with Crippen LogP contribution in [0.3, 0.4) is 0 Å². The molecule has 3 atom stereocenters. The highest BCUT2D eigenvalue weighted by Gasteiger charge is 2.59. The van der Waals surface area contributed by atoms with E-state index in [0.29, 0.717) is 24.5 Å². The molecule has 2 rings (SSSR count). The molecule has 0 bridgehead atoms. The lowest BCUT2D eigenvalue weighted by Gasteiger charge is -2.54. The Morgan fingerprint density at radius 1 is 1.21 bits per heavy atom. The van der Waals surface area contributed by atoms with Crippen LogP contribution in [0.1, 0.15) is 73.1 Å². The van der Waals surface area contributed by atoms with E-state index in [9.17, 15) is 4.79 Å². The van der Waals surface area contributed by atoms with E-state index in [0.717, 1.165) is 51.2 Å². The maximum Gasteiger partial charge on any atom is 0.306 e. The molecular formula is C21H40IN3O3. The van der Waals surface area contributed by atoms with Gasteiger partial charge in [0.1, 0.15) is 5.60 Å². The van der Waals surface area contributed by atoms with Gasteiger partial charge >= 0.3 is 5.97 Å². The van der Waals surface area contributed by atoms with Gasteiger partial charge in [-0.25, -0.2) is 0 Å². The molecule has 0 amide bonds. The fourth-order valence-corrected chi connectivity index (χ4v) is 4.31. The minimum atomic E-state index is -0.385. The summed E-state index contributed by atoms with van der Waals surface area (Å²) < 4.78 is 11.2. The minimum absolute atomic E-state index is 0. The van der Waals surface area contributed by atoms with Crippen molar-refractivity contribution in [1.29, 1.82) is 0 Å². The number of hydrogen-bond donors (Lipinski definition) is 2. The quantitative estimate of drug-likeness (QED) is 0.171. The Morgan fingerprint density at radius 2 is 1.89 bits per heavy atom. The average Bonchev–Trinajstić information content (AvgIpc) is 3.02. The number of nitrogens with one attached hydrogen (secondary N) is 2. The number of aliphatic imine (C=N–C) groups is 1. The zero-order valence-corrected chi connectivity index (χ0v) is 20.8. The average molecular weight is 509 g/mol. The highest BCUT2D eigenvalue weighted by Crippen LogP contribution is 2.52. The third-order valence-corrected chi connectivity index (χ3v) is 5.64. The molecule has 2 fully saturated rings. The predicted octanol–water partition coefficient (Wildman–Crippen LogP) is 3.88. The van der Waals surface area contributed by atoms with Crippen LogP contribution in [0.15, 0.2) is 4.99 Å². The van der Waals surface area contributed by atoms with E-state index in [2.05, 4.69) is 29.5 Å². The Hall–Kier alpha value is -0.570. The summed E-state index contributed by atoms with van der Waals surface area (Å²) in [6.45, 7) is 12.0. The van der Waals surface area contributed by atoms with Gasteiger partial charge in [0.25, 0.3) is 0 Å². The maximum absolute atomic E-state index is 11.7. The first kappa shape index (κ1) is 25.5. The summed E-state index contributed by atoms with van der Waals surface area (Å²) in [4.78, 5) is 16.0. The number of unbranched alkanes of at least 4 members (excludes halogenated alkanes) is 3. The van der Waals surface area contributed by atoms with E-state index in [1.165, 1.54) is 0 Å². The van der Waals surface area contributed by atoms with Gasteiger partial charge < -0.3 is 20.1 Å². The third-order valence-electron chi connectivity index (χ3n) is 5.64. The van der Waals surface area contributed by atoms with Gasteiger partial charge in [0, 0.05) is 44.0 Å². The Labute approximate surface area is 188 Å². The zero-order valence-electron chi connectivity index (χ0n) is 18.5. The summed E-state index contributed by atoms with van der Waals surface area (Å²) in [5.74, 6) is 1.39. The molecule has 0 aromatic rings. The largest absolute Gasteiger partial charge is 0.460 e. The van der Waals surface area contributed by atoms with Gasteiger partial charge in [-0.1, -0.05) is 26.7 Å². The molecule has 0 radical (unpaired) electrons. The molecule has 1 aliphatic heterocycles. The van der Waals surface area contributed by atoms with E-state index in [1.807, 2.05) is 27.8 Å². The van der Waals surface area contributed by atoms with Crippen molar-refractivity contribution in [2.24, 2.45) is 16.3 Å². The SMILES string of the molecule is CN=C(NCCCCCCC(=O)OC(C)(C)C)NC1C2CCOC2C1(C)C.I. The molecule has 2 aliphatic rings. The number of ether oxygens (including phenoxy) is 2. The van der Waals surface area contributed by atoms with Crippen LogP contribution in [0.25, 0.3) is 0 Å². The second kappa shape index (κ2) is 11.0. The first-order chi connectivity index (χ1) is 12.6. The number of esters is 1. The topological polar surface area (TPSA) is 72.0 Å². The third kappa shape index (κ3) is 7.04. The number of nitrogens with zero attached hydrogens (tertiary/aromatic N) is 1. The van der Waals surface area contributed by atoms with Crippen LogP contribution in [-0.2, 0) is 14.3 Å². The predicted molar refractivity (Wildman–Crippen MR) is 124 cm³/mol. The molecule has 1 aliphatic carbocycles. The van der Waals surface area contributed by atoms with Gasteiger partial charge in [0.15, 0.2) is 5.96 Å². The summed E-state index contributed by atoms with van der Waals surface area (Å²) in [6, 6.07) is 0.421. The molecule has 1 saturated heterocycles. The minimum Gasteiger partial charge on any atom is -0.460 e. The molecule has 164 valence electrons. The summed E-state index contributed by atoms with van der Waals surface area (Å²) in [7, 11) is 1.82. The molecule has 3 unspecified atom stereocenters. The molecule has 0 spiro atoms. The van der Waals surface area contributed by atoms with Gasteiger partial charge in [-0.05, 0) is 40.0 Å². The van der Waals surface area contributed by atoms with E-state index in [-0.39, 0.29) is 41.0 Å². The second-order valence-corrected chi connectivity index (χ2v) is 9.44. The van der Waals surface area contributed by atoms with Crippen molar-refractivity contribution in [1.82, 2.24) is 10.6 Å². The first-order valence-corrected chi connectivity index (χ1v) is 10.5. The number of guanidine groups is 1. The van der Waals surface area contributed by atoms with Crippen LogP contribution in [0.5, 0.6) is 0 Å². The zero-order chi connectivity index (χ0) is 20.1. The first-order valence-electron chi connectivity index (χ1n) is 10.5. The Balaban J connectivity index is 0.00000392. The lowest BCUT2D eigenvalue weighted by Crippen LogP contribution is -2.67. The van der Waals surface area contributed by atoms with Crippen molar-refractivity contribution in [2.75, 3.05) is 20.2 Å². The lowest BCUT2D eigenvalue weighted by atomic mass is 9.57. The maximum atomic E-state index is 11.7. The number of fused-ring (bicyclic) bond motifs is 1. The summed E-state index contributed by atoms with van der Waals surface area (Å²) in [5, 5.41) is 7.02. The van der Waals surface area contributed by atoms with Gasteiger partial charge in [-0.3, -0.25) is 9.79 Å². The molecular weight excluding hydrogens is 469 g/mol. The fourth-order valence-electron chi connectivity index (χ4n) is 4.31. The summed E-state index contributed by atoms with van der Waals surface area (Å²) >= 11 is 0. The number of carbonyl (C=O) groups is 1. The van der Waals surface area contributed by atoms with Crippen LogP contribution < -0.4 is 10.6 Å². The van der Waals surface area contributed by atoms with E-state index < -0.39 is 0 Å². The fraction of sp³-hybridized carbons (Fsp3) is 0.905. The van der Waals surface area contributed by atoms with Crippen LogP contribution in [0.4, 0.5) is 0 Å². The highest BCUT2D eigenvalue weighted by atomic mass is 127. The van der Waals surface area contributed by atoms with Crippen LogP contribution >= 0.6 is 24.0 Å². The Kier molecular flexibility index (Phi) is 10.00. The van der Waals surface area contributed by atoms with Crippen LogP contribution in [-0.4, -0.2) is 49.9 Å². The van der Waals surface area contributed by atoms with Crippen molar-refractivity contribution in [3.63, 3.8) is 0 Å². The summed E-state index contributed by atoms with van der Waals surface area (Å²) in [5.41, 5.74) is -0.232. The Morgan fingerprint density at radius 3 is 2.54 bits per heavy atom. The lowest BCUT2D eigenvalue weighted by molar-refractivity contribution is -0.154. The molecule has 7 heteroatoms. The van der Waals surface area contributed by atoms with E-state index in [1.54, 1.807) is 0 Å². The second-order valence-electron chi connectivity index (χ2n) is 9.44. The molecule has 0 aromatic heterocycles. The standard InChI is InChI=1S/C21H39N3O3.HI/c1-20(2,3)27-16(25)11-9-7-8-10-13-23-19(22-6)24-17-15-12-14-26-18(15)21(17,4)5;/h15,17-18H,7-14H2,1-6H3,(H2,22,23,24);1H. The van der Waals surface area contributed by atoms with Crippen molar-refractivity contribution >= 4 is 35.9 Å². The van der Waals surface area contributed by atoms with Crippen molar-refractivity contribution in [2.45, 2.75) is 90.9 Å². The number of hydrogen-bond acceptors (Lipinski definition) is 4. The molecule has 0 aromatic carbocycles. The van der Waals surface area contributed by atoms with Gasteiger partial charge in [-0.2, -0.15) is 0 Å². The van der Waals surface area contributed by atoms with Crippen molar-refractivity contribution in [3.8, 4) is 0 Å². The van der Waals surface area contributed by atoms with Crippen molar-refractivity contribution in [3.05, 3.63) is 0 Å². The van der Waals surface area contributed by atoms with Crippen LogP contribution in [0.2, 0.25) is 0 Å². The normalized spacial score (nSPS) is 25.9.